The third-order valence-electron chi connectivity index (χ3n) is 6.69. The Morgan fingerprint density at radius 3 is 2.19 bits per heavy atom. The van der Waals surface area contributed by atoms with Gasteiger partial charge in [-0.05, 0) is 81.5 Å². The fraction of sp³-hybridized carbons (Fsp3) is 0.414. The molecule has 1 aliphatic rings. The second-order valence-electron chi connectivity index (χ2n) is 9.69. The first kappa shape index (κ1) is 25.9. The number of benzene rings is 2. The van der Waals surface area contributed by atoms with Crippen LogP contribution in [0.3, 0.4) is 0 Å². The Morgan fingerprint density at radius 2 is 1.64 bits per heavy atom. The van der Waals surface area contributed by atoms with Gasteiger partial charge >= 0.3 is 0 Å². The first-order chi connectivity index (χ1) is 17.3. The standard InChI is InChI=1S/C29H35N3O3S/c1-18-15-19(2)17-24(16-18)32(29(34)27-20(3)30-21(4)36-27)26(22-11-13-25(35-5)14-12-22)28(33)31-23-9-7-6-8-10-23/h11-17,23,26H,6-10H2,1-5H3,(H,31,33)/t26-/m1/s1. The Hall–Kier alpha value is -3.19. The van der Waals surface area contributed by atoms with Crippen LogP contribution in [-0.4, -0.2) is 29.9 Å². The molecule has 0 unspecified atom stereocenters. The number of carbonyl (C=O) groups excluding carboxylic acids is 2. The maximum atomic E-state index is 14.2. The molecule has 2 aromatic carbocycles. The number of aryl methyl sites for hydroxylation is 4. The molecule has 6 nitrogen and oxygen atoms in total. The molecular weight excluding hydrogens is 470 g/mol. The lowest BCUT2D eigenvalue weighted by atomic mass is 9.94. The number of carbonyl (C=O) groups is 2. The van der Waals surface area contributed by atoms with Crippen molar-refractivity contribution in [2.24, 2.45) is 0 Å². The predicted octanol–water partition coefficient (Wildman–Crippen LogP) is 6.22. The topological polar surface area (TPSA) is 71.5 Å². The molecule has 0 saturated heterocycles. The zero-order valence-electron chi connectivity index (χ0n) is 21.8. The largest absolute Gasteiger partial charge is 0.497 e. The lowest BCUT2D eigenvalue weighted by Gasteiger charge is -2.33. The summed E-state index contributed by atoms with van der Waals surface area (Å²) in [6, 6.07) is 12.7. The number of rotatable bonds is 7. The smallest absolute Gasteiger partial charge is 0.271 e. The SMILES string of the molecule is COc1ccc([C@H](C(=O)NC2CCCCC2)N(C(=O)c2sc(C)nc2C)c2cc(C)cc(C)c2)cc1. The van der Waals surface area contributed by atoms with Gasteiger partial charge in [0, 0.05) is 11.7 Å². The summed E-state index contributed by atoms with van der Waals surface area (Å²) in [7, 11) is 1.61. The van der Waals surface area contributed by atoms with Crippen molar-refractivity contribution in [1.82, 2.24) is 10.3 Å². The average Bonchev–Trinajstić information content (AvgIpc) is 3.19. The molecule has 190 valence electrons. The Bertz CT molecular complexity index is 1210. The van der Waals surface area contributed by atoms with Crippen LogP contribution in [-0.2, 0) is 4.79 Å². The minimum Gasteiger partial charge on any atom is -0.497 e. The highest BCUT2D eigenvalue weighted by Crippen LogP contribution is 2.34. The van der Waals surface area contributed by atoms with Gasteiger partial charge in [0.05, 0.1) is 17.8 Å². The van der Waals surface area contributed by atoms with E-state index in [2.05, 4.69) is 16.4 Å². The number of thiazole rings is 1. The molecule has 1 fully saturated rings. The van der Waals surface area contributed by atoms with Crippen molar-refractivity contribution in [1.29, 1.82) is 0 Å². The van der Waals surface area contributed by atoms with Crippen LogP contribution < -0.4 is 15.0 Å². The van der Waals surface area contributed by atoms with Crippen molar-refractivity contribution >= 4 is 28.8 Å². The van der Waals surface area contributed by atoms with Gasteiger partial charge < -0.3 is 10.1 Å². The van der Waals surface area contributed by atoms with Crippen molar-refractivity contribution in [2.45, 2.75) is 71.9 Å². The van der Waals surface area contributed by atoms with E-state index in [1.54, 1.807) is 12.0 Å². The van der Waals surface area contributed by atoms with Gasteiger partial charge in [0.1, 0.15) is 16.7 Å². The highest BCUT2D eigenvalue weighted by atomic mass is 32.1. The lowest BCUT2D eigenvalue weighted by molar-refractivity contribution is -0.123. The van der Waals surface area contributed by atoms with E-state index < -0.39 is 6.04 Å². The van der Waals surface area contributed by atoms with Crippen LogP contribution in [0.25, 0.3) is 0 Å². The van der Waals surface area contributed by atoms with E-state index in [1.165, 1.54) is 17.8 Å². The van der Waals surface area contributed by atoms with Gasteiger partial charge in [-0.15, -0.1) is 11.3 Å². The van der Waals surface area contributed by atoms with E-state index >= 15 is 0 Å². The number of amides is 2. The molecule has 4 rings (SSSR count). The molecular formula is C29H35N3O3S. The molecule has 3 aromatic rings. The van der Waals surface area contributed by atoms with Gasteiger partial charge in [-0.2, -0.15) is 0 Å². The minimum atomic E-state index is -0.840. The molecule has 1 saturated carbocycles. The van der Waals surface area contributed by atoms with Gasteiger partial charge in [-0.25, -0.2) is 4.98 Å². The van der Waals surface area contributed by atoms with Gasteiger partial charge in [-0.1, -0.05) is 37.5 Å². The number of nitrogens with one attached hydrogen (secondary N) is 1. The molecule has 0 spiro atoms. The van der Waals surface area contributed by atoms with E-state index in [1.807, 2.05) is 64.1 Å². The Morgan fingerprint density at radius 1 is 1.00 bits per heavy atom. The maximum Gasteiger partial charge on any atom is 0.271 e. The summed E-state index contributed by atoms with van der Waals surface area (Å²) in [4.78, 5) is 35.0. The van der Waals surface area contributed by atoms with Crippen LogP contribution in [0.2, 0.25) is 0 Å². The van der Waals surface area contributed by atoms with E-state index in [4.69, 9.17) is 4.74 Å². The van der Waals surface area contributed by atoms with Crippen molar-refractivity contribution in [2.75, 3.05) is 12.0 Å². The van der Waals surface area contributed by atoms with Crippen LogP contribution in [0.15, 0.2) is 42.5 Å². The Balaban J connectivity index is 1.85. The number of anilines is 1. The summed E-state index contributed by atoms with van der Waals surface area (Å²) in [5.74, 6) is 0.310. The van der Waals surface area contributed by atoms with E-state index in [0.29, 0.717) is 22.0 Å². The third-order valence-corrected chi connectivity index (χ3v) is 7.75. The van der Waals surface area contributed by atoms with E-state index in [0.717, 1.165) is 47.4 Å². The summed E-state index contributed by atoms with van der Waals surface area (Å²) < 4.78 is 5.36. The minimum absolute atomic E-state index is 0.121. The summed E-state index contributed by atoms with van der Waals surface area (Å²) >= 11 is 1.37. The molecule has 0 bridgehead atoms. The van der Waals surface area contributed by atoms with Crippen molar-refractivity contribution in [3.8, 4) is 5.75 Å². The number of nitrogens with zero attached hydrogens (tertiary/aromatic N) is 2. The van der Waals surface area contributed by atoms with Gasteiger partial charge in [-0.3, -0.25) is 14.5 Å². The third kappa shape index (κ3) is 5.78. The quantitative estimate of drug-likeness (QED) is 0.414. The van der Waals surface area contributed by atoms with Gasteiger partial charge in [0.25, 0.3) is 5.91 Å². The van der Waals surface area contributed by atoms with Crippen molar-refractivity contribution in [3.05, 3.63) is 74.7 Å². The molecule has 1 heterocycles. The summed E-state index contributed by atoms with van der Waals surface area (Å²) in [6.45, 7) is 7.75. The fourth-order valence-electron chi connectivity index (χ4n) is 5.04. The second kappa shape index (κ2) is 11.2. The monoisotopic (exact) mass is 505 g/mol. The second-order valence-corrected chi connectivity index (χ2v) is 10.9. The van der Waals surface area contributed by atoms with Crippen molar-refractivity contribution < 1.29 is 14.3 Å². The summed E-state index contributed by atoms with van der Waals surface area (Å²) in [5, 5.41) is 4.10. The first-order valence-electron chi connectivity index (χ1n) is 12.6. The molecule has 1 aliphatic carbocycles. The maximum absolute atomic E-state index is 14.2. The zero-order chi connectivity index (χ0) is 25.8. The van der Waals surface area contributed by atoms with Gasteiger partial charge in [0.2, 0.25) is 5.91 Å². The van der Waals surface area contributed by atoms with Crippen LogP contribution >= 0.6 is 11.3 Å². The van der Waals surface area contributed by atoms with Crippen LogP contribution in [0.5, 0.6) is 5.75 Å². The summed E-state index contributed by atoms with van der Waals surface area (Å²) in [5.41, 5.74) is 4.17. The number of methoxy groups -OCH3 is 1. The number of aromatic nitrogens is 1. The highest BCUT2D eigenvalue weighted by Gasteiger charge is 2.36. The highest BCUT2D eigenvalue weighted by molar-refractivity contribution is 7.13. The van der Waals surface area contributed by atoms with Crippen LogP contribution in [0, 0.1) is 27.7 Å². The Kier molecular flexibility index (Phi) is 8.09. The molecule has 1 N–H and O–H groups in total. The molecule has 2 amide bonds. The molecule has 0 radical (unpaired) electrons. The van der Waals surface area contributed by atoms with E-state index in [-0.39, 0.29) is 17.9 Å². The molecule has 1 atom stereocenters. The molecule has 0 aliphatic heterocycles. The van der Waals surface area contributed by atoms with E-state index in [9.17, 15) is 9.59 Å². The number of hydrogen-bond acceptors (Lipinski definition) is 5. The Labute approximate surface area is 217 Å². The molecule has 1 aromatic heterocycles. The van der Waals surface area contributed by atoms with Crippen LogP contribution in [0.4, 0.5) is 5.69 Å². The number of hydrogen-bond donors (Lipinski definition) is 1. The normalized spacial score (nSPS) is 14.8. The van der Waals surface area contributed by atoms with Crippen molar-refractivity contribution in [3.63, 3.8) is 0 Å². The fourth-order valence-corrected chi connectivity index (χ4v) is 5.90. The first-order valence-corrected chi connectivity index (χ1v) is 13.4. The average molecular weight is 506 g/mol. The summed E-state index contributed by atoms with van der Waals surface area (Å²) in [6.07, 6.45) is 5.34. The van der Waals surface area contributed by atoms with Crippen LogP contribution in [0.1, 0.15) is 75.2 Å². The lowest BCUT2D eigenvalue weighted by Crippen LogP contribution is -2.47. The predicted molar refractivity (Wildman–Crippen MR) is 145 cm³/mol. The van der Waals surface area contributed by atoms with Gasteiger partial charge in [0.15, 0.2) is 0 Å². The molecule has 7 heteroatoms. The zero-order valence-corrected chi connectivity index (χ0v) is 22.6. The number of ether oxygens (including phenoxy) is 1. The molecule has 36 heavy (non-hydrogen) atoms.